The number of nitrogens with zero attached hydrogens (tertiary/aromatic N) is 7. The maximum absolute atomic E-state index is 5.83. The zero-order valence-corrected chi connectivity index (χ0v) is 9.40. The van der Waals surface area contributed by atoms with Crippen LogP contribution in [0.3, 0.4) is 0 Å². The van der Waals surface area contributed by atoms with E-state index in [0.29, 0.717) is 11.7 Å². The number of halogens is 1. The molecule has 9 heteroatoms. The first-order valence-electron chi connectivity index (χ1n) is 4.62. The van der Waals surface area contributed by atoms with Crippen molar-refractivity contribution in [2.45, 2.75) is 0 Å². The smallest absolute Gasteiger partial charge is 0.342 e. The topological polar surface area (TPSA) is 83.0 Å². The third kappa shape index (κ3) is 1.78. The first kappa shape index (κ1) is 9.97. The molecule has 0 saturated heterocycles. The largest absolute Gasteiger partial charge is 0.404 e. The molecule has 0 aliphatic heterocycles. The van der Waals surface area contributed by atoms with Gasteiger partial charge in [-0.05, 0) is 0 Å². The molecule has 0 saturated carbocycles. The van der Waals surface area contributed by atoms with E-state index < -0.39 is 0 Å². The fourth-order valence-electron chi connectivity index (χ4n) is 1.29. The molecule has 86 valence electrons. The van der Waals surface area contributed by atoms with E-state index in [-0.39, 0.29) is 11.2 Å². The summed E-state index contributed by atoms with van der Waals surface area (Å²) >= 11 is 5.83. The summed E-state index contributed by atoms with van der Waals surface area (Å²) in [5.41, 5.74) is 0. The average Bonchev–Trinajstić information content (AvgIpc) is 2.87. The van der Waals surface area contributed by atoms with Crippen LogP contribution in [-0.4, -0.2) is 34.3 Å². The fraction of sp³-hybridized carbons (Fsp3) is 0.125. The molecule has 0 N–H and O–H groups in total. The van der Waals surface area contributed by atoms with E-state index >= 15 is 0 Å². The quantitative estimate of drug-likeness (QED) is 0.624. The van der Waals surface area contributed by atoms with Gasteiger partial charge < -0.3 is 4.74 Å². The molecule has 0 aliphatic rings. The van der Waals surface area contributed by atoms with Gasteiger partial charge in [0.25, 0.3) is 5.78 Å². The number of aryl methyl sites for hydroxylation is 1. The van der Waals surface area contributed by atoms with Gasteiger partial charge in [-0.25, -0.2) is 0 Å². The average molecular weight is 252 g/mol. The van der Waals surface area contributed by atoms with Crippen molar-refractivity contribution in [1.29, 1.82) is 0 Å². The highest BCUT2D eigenvalue weighted by atomic mass is 35.5. The van der Waals surface area contributed by atoms with E-state index in [1.165, 1.54) is 27.9 Å². The van der Waals surface area contributed by atoms with E-state index in [4.69, 9.17) is 16.3 Å². The zero-order valence-electron chi connectivity index (χ0n) is 8.65. The predicted octanol–water partition coefficient (Wildman–Crippen LogP) is 0.698. The maximum Gasteiger partial charge on any atom is 0.342 e. The molecular formula is C8H6ClN7O. The van der Waals surface area contributed by atoms with Crippen molar-refractivity contribution >= 4 is 17.4 Å². The van der Waals surface area contributed by atoms with Crippen LogP contribution in [0.25, 0.3) is 5.78 Å². The van der Waals surface area contributed by atoms with Crippen molar-refractivity contribution in [3.8, 4) is 11.9 Å². The lowest BCUT2D eigenvalue weighted by Gasteiger charge is -2.02. The van der Waals surface area contributed by atoms with Crippen LogP contribution in [0.15, 0.2) is 18.7 Å². The Labute approximate surface area is 99.8 Å². The summed E-state index contributed by atoms with van der Waals surface area (Å²) in [6.45, 7) is 0. The van der Waals surface area contributed by atoms with Gasteiger partial charge in [-0.15, -0.1) is 5.10 Å². The van der Waals surface area contributed by atoms with Gasteiger partial charge in [0.15, 0.2) is 0 Å². The Morgan fingerprint density at radius 2 is 2.24 bits per heavy atom. The van der Waals surface area contributed by atoms with Crippen LogP contribution in [0.5, 0.6) is 11.9 Å². The first-order valence-corrected chi connectivity index (χ1v) is 5.00. The van der Waals surface area contributed by atoms with Crippen molar-refractivity contribution in [2.75, 3.05) is 0 Å². The Kier molecular flexibility index (Phi) is 2.15. The number of ether oxygens (including phenoxy) is 1. The second kappa shape index (κ2) is 3.67. The molecule has 3 aromatic rings. The van der Waals surface area contributed by atoms with Gasteiger partial charge >= 0.3 is 6.01 Å². The van der Waals surface area contributed by atoms with Crippen LogP contribution >= 0.6 is 11.6 Å². The lowest BCUT2D eigenvalue weighted by atomic mass is 10.6. The molecule has 3 rings (SSSR count). The SMILES string of the molecule is Cn1cnc(Oc2cc(Cl)nc3ncnn23)n1. The summed E-state index contributed by atoms with van der Waals surface area (Å²) in [5.74, 6) is 0.701. The fourth-order valence-corrected chi connectivity index (χ4v) is 1.46. The van der Waals surface area contributed by atoms with Gasteiger partial charge in [0.2, 0.25) is 5.88 Å². The molecule has 0 atom stereocenters. The van der Waals surface area contributed by atoms with E-state index in [2.05, 4.69) is 25.1 Å². The lowest BCUT2D eigenvalue weighted by molar-refractivity contribution is 0.409. The van der Waals surface area contributed by atoms with E-state index in [1.54, 1.807) is 7.05 Å². The molecule has 3 heterocycles. The minimum atomic E-state index is 0.201. The van der Waals surface area contributed by atoms with Crippen molar-refractivity contribution in [1.82, 2.24) is 34.3 Å². The molecule has 0 bridgehead atoms. The Hall–Kier alpha value is -2.22. The summed E-state index contributed by atoms with van der Waals surface area (Å²) < 4.78 is 8.37. The summed E-state index contributed by atoms with van der Waals surface area (Å²) in [6, 6.07) is 1.71. The third-order valence-electron chi connectivity index (χ3n) is 1.96. The number of aromatic nitrogens is 7. The van der Waals surface area contributed by atoms with Crippen molar-refractivity contribution in [3.63, 3.8) is 0 Å². The zero-order chi connectivity index (χ0) is 11.8. The molecule has 0 unspecified atom stereocenters. The van der Waals surface area contributed by atoms with Crippen LogP contribution in [-0.2, 0) is 7.05 Å². The molecule has 0 amide bonds. The highest BCUT2D eigenvalue weighted by Crippen LogP contribution is 2.20. The molecule has 0 aliphatic carbocycles. The van der Waals surface area contributed by atoms with Crippen molar-refractivity contribution in [3.05, 3.63) is 23.9 Å². The van der Waals surface area contributed by atoms with Gasteiger partial charge in [-0.2, -0.15) is 24.6 Å². The Morgan fingerprint density at radius 3 is 3.00 bits per heavy atom. The third-order valence-corrected chi connectivity index (χ3v) is 2.16. The molecule has 0 fully saturated rings. The first-order chi connectivity index (χ1) is 8.22. The highest BCUT2D eigenvalue weighted by molar-refractivity contribution is 6.29. The highest BCUT2D eigenvalue weighted by Gasteiger charge is 2.10. The summed E-state index contributed by atoms with van der Waals surface area (Å²) in [6.07, 6.45) is 2.88. The summed E-state index contributed by atoms with van der Waals surface area (Å²) in [5, 5.41) is 8.21. The number of hydrogen-bond acceptors (Lipinski definition) is 6. The van der Waals surface area contributed by atoms with Gasteiger partial charge in [-0.1, -0.05) is 11.6 Å². The molecule has 0 aromatic carbocycles. The summed E-state index contributed by atoms with van der Waals surface area (Å²) in [4.78, 5) is 11.8. The Bertz CT molecular complexity index is 675. The minimum absolute atomic E-state index is 0.201. The van der Waals surface area contributed by atoms with Gasteiger partial charge in [0, 0.05) is 13.1 Å². The molecule has 8 nitrogen and oxygen atoms in total. The summed E-state index contributed by atoms with van der Waals surface area (Å²) in [7, 11) is 1.74. The van der Waals surface area contributed by atoms with Gasteiger partial charge in [-0.3, -0.25) is 4.68 Å². The van der Waals surface area contributed by atoms with E-state index in [0.717, 1.165) is 0 Å². The monoisotopic (exact) mass is 251 g/mol. The van der Waals surface area contributed by atoms with Crippen molar-refractivity contribution < 1.29 is 4.74 Å². The van der Waals surface area contributed by atoms with E-state index in [9.17, 15) is 0 Å². The van der Waals surface area contributed by atoms with Gasteiger partial charge in [0.1, 0.15) is 17.8 Å². The molecule has 0 spiro atoms. The maximum atomic E-state index is 5.83. The standard InChI is InChI=1S/C8H6ClN7O/c1-15-4-11-8(14-15)17-6-2-5(9)13-7-10-3-12-16(6)7/h2-4H,1H3. The predicted molar refractivity (Wildman–Crippen MR) is 56.9 cm³/mol. The van der Waals surface area contributed by atoms with Crippen LogP contribution in [0.2, 0.25) is 5.15 Å². The van der Waals surface area contributed by atoms with Gasteiger partial charge in [0.05, 0.1) is 0 Å². The second-order valence-corrected chi connectivity index (χ2v) is 3.58. The van der Waals surface area contributed by atoms with Crippen LogP contribution < -0.4 is 4.74 Å². The van der Waals surface area contributed by atoms with Crippen LogP contribution in [0.1, 0.15) is 0 Å². The molecule has 3 aromatic heterocycles. The van der Waals surface area contributed by atoms with Crippen LogP contribution in [0, 0.1) is 0 Å². The Morgan fingerprint density at radius 1 is 1.35 bits per heavy atom. The number of fused-ring (bicyclic) bond motifs is 1. The normalized spacial score (nSPS) is 10.9. The molecule has 0 radical (unpaired) electrons. The molecular weight excluding hydrogens is 246 g/mol. The molecule has 17 heavy (non-hydrogen) atoms. The van der Waals surface area contributed by atoms with E-state index in [1.807, 2.05) is 0 Å². The second-order valence-electron chi connectivity index (χ2n) is 3.19. The number of hydrogen-bond donors (Lipinski definition) is 0. The lowest BCUT2D eigenvalue weighted by Crippen LogP contribution is -1.99. The number of rotatable bonds is 2. The van der Waals surface area contributed by atoms with Crippen molar-refractivity contribution in [2.24, 2.45) is 7.05 Å². The van der Waals surface area contributed by atoms with Crippen LogP contribution in [0.4, 0.5) is 0 Å². The minimum Gasteiger partial charge on any atom is -0.404 e. The Balaban J connectivity index is 2.07.